The standard InChI is InChI=1S/C18H26N6O/c1-22-12-14(11-19-22)16-5-3-4-8-24(16)18(25)20-17-10-15(21-23(17)2)9-13-6-7-13/h10-13,16H,3-9H2,1-2H3,(H,20,25). The van der Waals surface area contributed by atoms with Crippen LogP contribution in [-0.2, 0) is 20.5 Å². The zero-order chi connectivity index (χ0) is 17.4. The lowest BCUT2D eigenvalue weighted by Crippen LogP contribution is -2.41. The summed E-state index contributed by atoms with van der Waals surface area (Å²) in [7, 11) is 3.80. The summed E-state index contributed by atoms with van der Waals surface area (Å²) in [5, 5.41) is 11.9. The van der Waals surface area contributed by atoms with Crippen LogP contribution in [0.5, 0.6) is 0 Å². The molecule has 0 spiro atoms. The van der Waals surface area contributed by atoms with Crippen LogP contribution < -0.4 is 5.32 Å². The molecule has 0 radical (unpaired) electrons. The molecule has 2 aliphatic rings. The van der Waals surface area contributed by atoms with E-state index in [4.69, 9.17) is 0 Å². The average molecular weight is 342 g/mol. The summed E-state index contributed by atoms with van der Waals surface area (Å²) >= 11 is 0. The Bertz CT molecular complexity index is 759. The molecular weight excluding hydrogens is 316 g/mol. The highest BCUT2D eigenvalue weighted by Crippen LogP contribution is 2.33. The van der Waals surface area contributed by atoms with E-state index in [1.54, 1.807) is 9.36 Å². The maximum atomic E-state index is 12.9. The Morgan fingerprint density at radius 3 is 2.84 bits per heavy atom. The normalized spacial score (nSPS) is 20.7. The van der Waals surface area contributed by atoms with Gasteiger partial charge in [0.15, 0.2) is 0 Å². The van der Waals surface area contributed by atoms with Gasteiger partial charge < -0.3 is 4.90 Å². The van der Waals surface area contributed by atoms with E-state index in [0.29, 0.717) is 0 Å². The van der Waals surface area contributed by atoms with Crippen molar-refractivity contribution < 1.29 is 4.79 Å². The molecule has 1 atom stereocenters. The largest absolute Gasteiger partial charge is 0.323 e. The van der Waals surface area contributed by atoms with Crippen LogP contribution in [0.4, 0.5) is 10.6 Å². The van der Waals surface area contributed by atoms with Crippen molar-refractivity contribution in [1.29, 1.82) is 0 Å². The molecule has 2 amide bonds. The van der Waals surface area contributed by atoms with Crippen LogP contribution in [0.15, 0.2) is 18.5 Å². The second-order valence-corrected chi connectivity index (χ2v) is 7.37. The molecule has 2 aromatic heterocycles. The number of aryl methyl sites for hydroxylation is 2. The van der Waals surface area contributed by atoms with E-state index in [0.717, 1.165) is 55.2 Å². The number of piperidine rings is 1. The summed E-state index contributed by atoms with van der Waals surface area (Å²) in [4.78, 5) is 14.8. The minimum absolute atomic E-state index is 0.0467. The third-order valence-corrected chi connectivity index (χ3v) is 5.23. The topological polar surface area (TPSA) is 68.0 Å². The zero-order valence-corrected chi connectivity index (χ0v) is 15.0. The molecule has 0 bridgehead atoms. The molecule has 2 fully saturated rings. The van der Waals surface area contributed by atoms with Crippen molar-refractivity contribution in [3.8, 4) is 0 Å². The van der Waals surface area contributed by atoms with Crippen LogP contribution in [-0.4, -0.2) is 37.0 Å². The number of carbonyl (C=O) groups is 1. The Morgan fingerprint density at radius 1 is 1.28 bits per heavy atom. The zero-order valence-electron chi connectivity index (χ0n) is 15.0. The lowest BCUT2D eigenvalue weighted by atomic mass is 9.98. The highest BCUT2D eigenvalue weighted by Gasteiger charge is 2.29. The summed E-state index contributed by atoms with van der Waals surface area (Å²) in [6, 6.07) is 2.07. The number of amides is 2. The number of nitrogens with zero attached hydrogens (tertiary/aromatic N) is 5. The van der Waals surface area contributed by atoms with Crippen LogP contribution in [0.1, 0.15) is 49.4 Å². The first-order valence-corrected chi connectivity index (χ1v) is 9.19. The molecule has 1 aliphatic carbocycles. The number of rotatable bonds is 4. The van der Waals surface area contributed by atoms with Gasteiger partial charge in [0.05, 0.1) is 17.9 Å². The molecule has 1 aliphatic heterocycles. The van der Waals surface area contributed by atoms with Crippen molar-refractivity contribution >= 4 is 11.8 Å². The van der Waals surface area contributed by atoms with E-state index in [1.807, 2.05) is 37.5 Å². The van der Waals surface area contributed by atoms with Gasteiger partial charge in [-0.2, -0.15) is 10.2 Å². The van der Waals surface area contributed by atoms with Crippen LogP contribution in [0, 0.1) is 5.92 Å². The van der Waals surface area contributed by atoms with Gasteiger partial charge in [-0.15, -0.1) is 0 Å². The fourth-order valence-electron chi connectivity index (χ4n) is 3.68. The van der Waals surface area contributed by atoms with Crippen molar-refractivity contribution in [2.75, 3.05) is 11.9 Å². The molecule has 2 aromatic rings. The Labute approximate surface area is 148 Å². The first-order valence-electron chi connectivity index (χ1n) is 9.19. The second kappa shape index (κ2) is 6.54. The Morgan fingerprint density at radius 2 is 2.12 bits per heavy atom. The summed E-state index contributed by atoms with van der Waals surface area (Å²) < 4.78 is 3.57. The van der Waals surface area contributed by atoms with Crippen molar-refractivity contribution in [2.45, 2.75) is 44.6 Å². The fraction of sp³-hybridized carbons (Fsp3) is 0.611. The SMILES string of the molecule is Cn1cc(C2CCCCN2C(=O)Nc2cc(CC3CC3)nn2C)cn1. The van der Waals surface area contributed by atoms with Crippen molar-refractivity contribution in [3.05, 3.63) is 29.7 Å². The van der Waals surface area contributed by atoms with Crippen molar-refractivity contribution in [1.82, 2.24) is 24.5 Å². The van der Waals surface area contributed by atoms with Gasteiger partial charge in [0.1, 0.15) is 5.82 Å². The van der Waals surface area contributed by atoms with E-state index in [-0.39, 0.29) is 12.1 Å². The van der Waals surface area contributed by atoms with Crippen LogP contribution in [0.3, 0.4) is 0 Å². The first-order chi connectivity index (χ1) is 12.1. The Hall–Kier alpha value is -2.31. The maximum absolute atomic E-state index is 12.9. The third-order valence-electron chi connectivity index (χ3n) is 5.23. The predicted octanol–water partition coefficient (Wildman–Crippen LogP) is 2.87. The Balaban J connectivity index is 1.47. The molecule has 7 heteroatoms. The van der Waals surface area contributed by atoms with Gasteiger partial charge in [0, 0.05) is 38.5 Å². The first kappa shape index (κ1) is 16.2. The van der Waals surface area contributed by atoms with E-state index >= 15 is 0 Å². The van der Waals surface area contributed by atoms with Crippen molar-refractivity contribution in [3.63, 3.8) is 0 Å². The molecule has 0 aromatic carbocycles. The molecule has 1 unspecified atom stereocenters. The quantitative estimate of drug-likeness (QED) is 0.929. The minimum atomic E-state index is -0.0467. The number of urea groups is 1. The van der Waals surface area contributed by atoms with Crippen LogP contribution >= 0.6 is 0 Å². The van der Waals surface area contributed by atoms with Gasteiger partial charge in [-0.05, 0) is 44.4 Å². The smallest absolute Gasteiger partial charge is 0.317 e. The van der Waals surface area contributed by atoms with Crippen LogP contribution in [0.2, 0.25) is 0 Å². The predicted molar refractivity (Wildman–Crippen MR) is 95.2 cm³/mol. The lowest BCUT2D eigenvalue weighted by Gasteiger charge is -2.35. The summed E-state index contributed by atoms with van der Waals surface area (Å²) in [6.07, 6.45) is 10.7. The van der Waals surface area contributed by atoms with Crippen LogP contribution in [0.25, 0.3) is 0 Å². The number of likely N-dealkylation sites (tertiary alicyclic amines) is 1. The summed E-state index contributed by atoms with van der Waals surface area (Å²) in [5.74, 6) is 1.56. The Kier molecular flexibility index (Phi) is 4.23. The molecule has 1 saturated carbocycles. The van der Waals surface area contributed by atoms with Gasteiger partial charge in [0.2, 0.25) is 0 Å². The van der Waals surface area contributed by atoms with Gasteiger partial charge in [0.25, 0.3) is 0 Å². The number of nitrogens with one attached hydrogen (secondary N) is 1. The lowest BCUT2D eigenvalue weighted by molar-refractivity contribution is 0.163. The number of hydrogen-bond acceptors (Lipinski definition) is 3. The number of anilines is 1. The van der Waals surface area contributed by atoms with E-state index in [2.05, 4.69) is 15.5 Å². The summed E-state index contributed by atoms with van der Waals surface area (Å²) in [5.41, 5.74) is 2.18. The van der Waals surface area contributed by atoms with Gasteiger partial charge in [-0.1, -0.05) is 0 Å². The monoisotopic (exact) mass is 342 g/mol. The summed E-state index contributed by atoms with van der Waals surface area (Å²) in [6.45, 7) is 0.776. The molecule has 1 saturated heterocycles. The molecule has 1 N–H and O–H groups in total. The minimum Gasteiger partial charge on any atom is -0.317 e. The number of carbonyl (C=O) groups excluding carboxylic acids is 1. The van der Waals surface area contributed by atoms with E-state index in [9.17, 15) is 4.79 Å². The van der Waals surface area contributed by atoms with Crippen molar-refractivity contribution in [2.24, 2.45) is 20.0 Å². The van der Waals surface area contributed by atoms with Gasteiger partial charge in [-0.3, -0.25) is 14.7 Å². The maximum Gasteiger partial charge on any atom is 0.323 e. The number of aromatic nitrogens is 4. The van der Waals surface area contributed by atoms with E-state index in [1.165, 1.54) is 12.8 Å². The molecule has 4 rings (SSSR count). The third kappa shape index (κ3) is 3.55. The molecular formula is C18H26N6O. The van der Waals surface area contributed by atoms with Gasteiger partial charge in [-0.25, -0.2) is 4.79 Å². The molecule has 134 valence electrons. The fourth-order valence-corrected chi connectivity index (χ4v) is 3.68. The molecule has 7 nitrogen and oxygen atoms in total. The molecule has 3 heterocycles. The molecule has 25 heavy (non-hydrogen) atoms. The highest BCUT2D eigenvalue weighted by molar-refractivity contribution is 5.88. The number of hydrogen-bond donors (Lipinski definition) is 1. The second-order valence-electron chi connectivity index (χ2n) is 7.37. The van der Waals surface area contributed by atoms with Gasteiger partial charge >= 0.3 is 6.03 Å². The average Bonchev–Trinajstić information content (AvgIpc) is 3.20. The highest BCUT2D eigenvalue weighted by atomic mass is 16.2. The van der Waals surface area contributed by atoms with E-state index < -0.39 is 0 Å².